The van der Waals surface area contributed by atoms with Crippen molar-refractivity contribution in [3.8, 4) is 0 Å². The first kappa shape index (κ1) is 15.2. The van der Waals surface area contributed by atoms with E-state index in [2.05, 4.69) is 15.9 Å². The Kier molecular flexibility index (Phi) is 6.23. The van der Waals surface area contributed by atoms with E-state index < -0.39 is 11.0 Å². The van der Waals surface area contributed by atoms with E-state index in [1.807, 2.05) is 0 Å². The zero-order valence-electron chi connectivity index (χ0n) is 9.72. The number of hydrogen-bond donors (Lipinski definition) is 1. The Hall–Kier alpha value is 0.190. The van der Waals surface area contributed by atoms with Crippen molar-refractivity contribution in [2.75, 3.05) is 19.7 Å². The molecule has 0 aromatic heterocycles. The minimum Gasteiger partial charge on any atom is -0.395 e. The first-order valence-corrected chi connectivity index (χ1v) is 6.92. The van der Waals surface area contributed by atoms with Gasteiger partial charge in [-0.3, -0.25) is 4.90 Å². The Balaban J connectivity index is 2.52. The Bertz CT molecular complexity index is 219. The molecule has 17 heavy (non-hydrogen) atoms. The summed E-state index contributed by atoms with van der Waals surface area (Å²) in [5.41, 5.74) is 0. The van der Waals surface area contributed by atoms with Gasteiger partial charge in [-0.2, -0.15) is 13.2 Å². The van der Waals surface area contributed by atoms with Gasteiger partial charge >= 0.3 is 6.18 Å². The van der Waals surface area contributed by atoms with E-state index in [1.165, 1.54) is 6.42 Å². The van der Waals surface area contributed by atoms with Crippen molar-refractivity contribution in [2.24, 2.45) is 0 Å². The summed E-state index contributed by atoms with van der Waals surface area (Å²) in [7, 11) is 0. The maximum absolute atomic E-state index is 12.5. The minimum absolute atomic E-state index is 0.0747. The fourth-order valence-corrected chi connectivity index (χ4v) is 2.68. The predicted octanol–water partition coefficient (Wildman–Crippen LogP) is 2.94. The molecule has 1 rings (SSSR count). The largest absolute Gasteiger partial charge is 0.402 e. The van der Waals surface area contributed by atoms with Gasteiger partial charge in [0.2, 0.25) is 0 Å². The van der Waals surface area contributed by atoms with E-state index in [9.17, 15) is 13.2 Å². The van der Waals surface area contributed by atoms with E-state index in [0.29, 0.717) is 6.54 Å². The maximum atomic E-state index is 12.5. The van der Waals surface area contributed by atoms with Gasteiger partial charge in [-0.15, -0.1) is 0 Å². The fraction of sp³-hybridized carbons (Fsp3) is 1.00. The van der Waals surface area contributed by atoms with Crippen LogP contribution in [0.15, 0.2) is 0 Å². The molecule has 1 saturated carbocycles. The molecule has 1 fully saturated rings. The van der Waals surface area contributed by atoms with Crippen molar-refractivity contribution in [2.45, 2.75) is 49.1 Å². The quantitative estimate of drug-likeness (QED) is 0.788. The van der Waals surface area contributed by atoms with Gasteiger partial charge in [0.25, 0.3) is 0 Å². The summed E-state index contributed by atoms with van der Waals surface area (Å²) in [4.78, 5) is 0.259. The molecule has 0 amide bonds. The zero-order valence-corrected chi connectivity index (χ0v) is 11.3. The second-order valence-corrected chi connectivity index (χ2v) is 5.62. The lowest BCUT2D eigenvalue weighted by Crippen LogP contribution is -2.45. The number of aliphatic hydroxyl groups is 1. The highest BCUT2D eigenvalue weighted by Crippen LogP contribution is 2.29. The highest BCUT2D eigenvalue weighted by Gasteiger charge is 2.39. The van der Waals surface area contributed by atoms with Crippen LogP contribution in [0, 0.1) is 0 Å². The third-order valence-corrected chi connectivity index (χ3v) is 4.04. The average molecular weight is 318 g/mol. The Labute approximate surface area is 108 Å². The van der Waals surface area contributed by atoms with Crippen LogP contribution in [0.3, 0.4) is 0 Å². The first-order chi connectivity index (χ1) is 7.95. The van der Waals surface area contributed by atoms with E-state index >= 15 is 0 Å². The summed E-state index contributed by atoms with van der Waals surface area (Å²) < 4.78 is 37.4. The van der Waals surface area contributed by atoms with Crippen LogP contribution >= 0.6 is 15.9 Å². The molecule has 1 N–H and O–H groups in total. The van der Waals surface area contributed by atoms with Gasteiger partial charge in [-0.05, 0) is 12.8 Å². The minimum atomic E-state index is -4.22. The van der Waals surface area contributed by atoms with E-state index in [-0.39, 0.29) is 19.2 Å². The SMILES string of the molecule is OCCN(CC(Br)C(F)(F)F)C1CCCCC1. The third kappa shape index (κ3) is 5.14. The molecular weight excluding hydrogens is 299 g/mol. The van der Waals surface area contributed by atoms with Crippen LogP contribution in [0.25, 0.3) is 0 Å². The van der Waals surface area contributed by atoms with Crippen LogP contribution in [0.2, 0.25) is 0 Å². The molecule has 102 valence electrons. The fourth-order valence-electron chi connectivity index (χ4n) is 2.31. The summed E-state index contributed by atoms with van der Waals surface area (Å²) in [6.45, 7) is 0.158. The number of aliphatic hydroxyl groups excluding tert-OH is 1. The standard InChI is InChI=1S/C11H19BrF3NO/c12-10(11(13,14)15)8-16(6-7-17)9-4-2-1-3-5-9/h9-10,17H,1-8H2. The molecule has 0 radical (unpaired) electrons. The average Bonchev–Trinajstić information content (AvgIpc) is 2.28. The van der Waals surface area contributed by atoms with E-state index in [0.717, 1.165) is 25.7 Å². The molecule has 0 heterocycles. The number of hydrogen-bond acceptors (Lipinski definition) is 2. The summed E-state index contributed by atoms with van der Waals surface area (Å²) in [5, 5.41) is 8.94. The molecule has 0 aromatic rings. The molecule has 0 spiro atoms. The van der Waals surface area contributed by atoms with Crippen LogP contribution < -0.4 is 0 Å². The van der Waals surface area contributed by atoms with Gasteiger partial charge in [0.15, 0.2) is 0 Å². The molecule has 1 aliphatic rings. The molecule has 0 aromatic carbocycles. The van der Waals surface area contributed by atoms with Crippen molar-refractivity contribution in [1.29, 1.82) is 0 Å². The van der Waals surface area contributed by atoms with Crippen molar-refractivity contribution in [1.82, 2.24) is 4.90 Å². The number of rotatable bonds is 5. The highest BCUT2D eigenvalue weighted by atomic mass is 79.9. The number of alkyl halides is 4. The third-order valence-electron chi connectivity index (χ3n) is 3.23. The van der Waals surface area contributed by atoms with Gasteiger partial charge in [0, 0.05) is 19.1 Å². The van der Waals surface area contributed by atoms with Crippen LogP contribution in [0.4, 0.5) is 13.2 Å². The van der Waals surface area contributed by atoms with Crippen molar-refractivity contribution >= 4 is 15.9 Å². The van der Waals surface area contributed by atoms with Gasteiger partial charge in [0.05, 0.1) is 6.61 Å². The lowest BCUT2D eigenvalue weighted by Gasteiger charge is -2.35. The molecule has 2 nitrogen and oxygen atoms in total. The van der Waals surface area contributed by atoms with Crippen molar-refractivity contribution in [3.63, 3.8) is 0 Å². The van der Waals surface area contributed by atoms with E-state index in [1.54, 1.807) is 4.90 Å². The van der Waals surface area contributed by atoms with Crippen LogP contribution in [0.1, 0.15) is 32.1 Å². The van der Waals surface area contributed by atoms with Gasteiger partial charge in [0.1, 0.15) is 4.83 Å². The van der Waals surface area contributed by atoms with Crippen LogP contribution in [-0.4, -0.2) is 46.7 Å². The monoisotopic (exact) mass is 317 g/mol. The highest BCUT2D eigenvalue weighted by molar-refractivity contribution is 9.09. The summed E-state index contributed by atoms with van der Waals surface area (Å²) in [5.74, 6) is 0. The molecule has 6 heteroatoms. The lowest BCUT2D eigenvalue weighted by atomic mass is 9.94. The summed E-state index contributed by atoms with van der Waals surface area (Å²) in [6.07, 6.45) is 0.981. The van der Waals surface area contributed by atoms with Gasteiger partial charge < -0.3 is 5.11 Å². The van der Waals surface area contributed by atoms with E-state index in [4.69, 9.17) is 5.11 Å². The topological polar surface area (TPSA) is 23.5 Å². The van der Waals surface area contributed by atoms with Gasteiger partial charge in [-0.1, -0.05) is 35.2 Å². The van der Waals surface area contributed by atoms with Crippen LogP contribution in [-0.2, 0) is 0 Å². The predicted molar refractivity (Wildman–Crippen MR) is 64.3 cm³/mol. The molecule has 1 unspecified atom stereocenters. The Morgan fingerprint density at radius 3 is 2.29 bits per heavy atom. The second-order valence-electron chi connectivity index (χ2n) is 4.52. The Morgan fingerprint density at radius 1 is 1.24 bits per heavy atom. The second kappa shape index (κ2) is 6.95. The molecule has 1 aliphatic carbocycles. The molecule has 0 saturated heterocycles. The van der Waals surface area contributed by atoms with Crippen molar-refractivity contribution in [3.05, 3.63) is 0 Å². The first-order valence-electron chi connectivity index (χ1n) is 6.01. The summed E-state index contributed by atoms with van der Waals surface area (Å²) in [6, 6.07) is 0.193. The lowest BCUT2D eigenvalue weighted by molar-refractivity contribution is -0.132. The normalized spacial score (nSPS) is 20.8. The van der Waals surface area contributed by atoms with Crippen LogP contribution in [0.5, 0.6) is 0 Å². The maximum Gasteiger partial charge on any atom is 0.402 e. The van der Waals surface area contributed by atoms with Crippen molar-refractivity contribution < 1.29 is 18.3 Å². The Morgan fingerprint density at radius 2 is 1.82 bits per heavy atom. The molecule has 1 atom stereocenters. The number of nitrogens with zero attached hydrogens (tertiary/aromatic N) is 1. The molecule has 0 aliphatic heterocycles. The smallest absolute Gasteiger partial charge is 0.395 e. The molecular formula is C11H19BrF3NO. The molecule has 0 bridgehead atoms. The summed E-state index contributed by atoms with van der Waals surface area (Å²) >= 11 is 2.69. The zero-order chi connectivity index (χ0) is 12.9. The number of halogens is 4. The van der Waals surface area contributed by atoms with Gasteiger partial charge in [-0.25, -0.2) is 0 Å².